The highest BCUT2D eigenvalue weighted by atomic mass is 19.1. The van der Waals surface area contributed by atoms with Crippen molar-refractivity contribution in [3.63, 3.8) is 0 Å². The Labute approximate surface area is 176 Å². The number of hydrogen-bond donors (Lipinski definition) is 1. The second-order valence-corrected chi connectivity index (χ2v) is 8.57. The lowest BCUT2D eigenvalue weighted by Crippen LogP contribution is -2.54. The summed E-state index contributed by atoms with van der Waals surface area (Å²) in [5.41, 5.74) is 2.22. The minimum Gasteiger partial charge on any atom is -0.373 e. The van der Waals surface area contributed by atoms with Gasteiger partial charge in [-0.05, 0) is 31.4 Å². The van der Waals surface area contributed by atoms with Crippen LogP contribution in [0, 0.1) is 18.7 Å². The summed E-state index contributed by atoms with van der Waals surface area (Å²) in [5.74, 6) is -0.457. The molecule has 2 fully saturated rings. The molecule has 162 valence electrons. The van der Waals surface area contributed by atoms with Crippen molar-refractivity contribution in [3.8, 4) is 0 Å². The van der Waals surface area contributed by atoms with Crippen LogP contribution in [-0.2, 0) is 20.8 Å². The van der Waals surface area contributed by atoms with E-state index in [1.54, 1.807) is 22.8 Å². The number of amides is 3. The van der Waals surface area contributed by atoms with E-state index in [2.05, 4.69) is 5.32 Å². The van der Waals surface area contributed by atoms with E-state index in [9.17, 15) is 18.8 Å². The lowest BCUT2D eigenvalue weighted by Gasteiger charge is -2.39. The zero-order chi connectivity index (χ0) is 21.4. The third kappa shape index (κ3) is 3.87. The maximum absolute atomic E-state index is 14.2. The van der Waals surface area contributed by atoms with Crippen LogP contribution in [0.15, 0.2) is 12.1 Å². The van der Waals surface area contributed by atoms with Crippen molar-refractivity contribution in [2.45, 2.75) is 39.2 Å². The highest BCUT2D eigenvalue weighted by Gasteiger charge is 2.37. The van der Waals surface area contributed by atoms with Crippen LogP contribution < -0.4 is 5.32 Å². The van der Waals surface area contributed by atoms with Gasteiger partial charge in [0.15, 0.2) is 0 Å². The van der Waals surface area contributed by atoms with Crippen molar-refractivity contribution in [2.24, 2.45) is 5.92 Å². The molecule has 3 heterocycles. The number of halogens is 1. The van der Waals surface area contributed by atoms with E-state index in [0.717, 1.165) is 24.1 Å². The third-order valence-electron chi connectivity index (χ3n) is 6.61. The number of carbonyl (C=O) groups excluding carboxylic acids is 3. The second-order valence-electron chi connectivity index (χ2n) is 8.57. The predicted octanol–water partition coefficient (Wildman–Crippen LogP) is 1.40. The molecular weight excluding hydrogens is 387 g/mol. The molecule has 30 heavy (non-hydrogen) atoms. The Kier molecular flexibility index (Phi) is 5.66. The highest BCUT2D eigenvalue weighted by molar-refractivity contribution is 5.89. The maximum atomic E-state index is 14.2. The van der Waals surface area contributed by atoms with Gasteiger partial charge in [0.2, 0.25) is 17.7 Å². The average molecular weight is 416 g/mol. The SMILES string of the molecule is CC(=O)N1CCN(C(=O)C2CCCN(C(=O)C3Cc4c(F)ccc(C)c4N3)C2)CC1. The van der Waals surface area contributed by atoms with Crippen LogP contribution in [0.4, 0.5) is 10.1 Å². The van der Waals surface area contributed by atoms with Gasteiger partial charge < -0.3 is 20.0 Å². The predicted molar refractivity (Wildman–Crippen MR) is 110 cm³/mol. The first-order chi connectivity index (χ1) is 14.3. The van der Waals surface area contributed by atoms with E-state index in [0.29, 0.717) is 51.3 Å². The van der Waals surface area contributed by atoms with E-state index in [1.807, 2.05) is 11.8 Å². The fraction of sp³-hybridized carbons (Fsp3) is 0.591. The Morgan fingerprint density at radius 1 is 1.00 bits per heavy atom. The molecule has 7 nitrogen and oxygen atoms in total. The maximum Gasteiger partial charge on any atom is 0.245 e. The number of anilines is 1. The molecule has 3 aliphatic heterocycles. The van der Waals surface area contributed by atoms with Crippen LogP contribution in [-0.4, -0.2) is 77.7 Å². The first-order valence-electron chi connectivity index (χ1n) is 10.7. The Bertz CT molecular complexity index is 835. The van der Waals surface area contributed by atoms with Crippen LogP contribution >= 0.6 is 0 Å². The molecule has 1 aromatic carbocycles. The number of nitrogens with zero attached hydrogens (tertiary/aromatic N) is 3. The van der Waals surface area contributed by atoms with Crippen molar-refractivity contribution in [1.82, 2.24) is 14.7 Å². The summed E-state index contributed by atoms with van der Waals surface area (Å²) in [5, 5.41) is 3.20. The summed E-state index contributed by atoms with van der Waals surface area (Å²) >= 11 is 0. The van der Waals surface area contributed by atoms with Crippen LogP contribution in [0.3, 0.4) is 0 Å². The first kappa shape index (κ1) is 20.6. The molecule has 4 rings (SSSR count). The number of fused-ring (bicyclic) bond motifs is 1. The number of nitrogens with one attached hydrogen (secondary N) is 1. The topological polar surface area (TPSA) is 73.0 Å². The molecule has 0 spiro atoms. The molecule has 2 atom stereocenters. The number of piperidine rings is 1. The van der Waals surface area contributed by atoms with E-state index < -0.39 is 6.04 Å². The van der Waals surface area contributed by atoms with E-state index >= 15 is 0 Å². The van der Waals surface area contributed by atoms with Gasteiger partial charge >= 0.3 is 0 Å². The van der Waals surface area contributed by atoms with Gasteiger partial charge in [0, 0.05) is 63.9 Å². The Hall–Kier alpha value is -2.64. The molecule has 0 radical (unpaired) electrons. The van der Waals surface area contributed by atoms with Gasteiger partial charge in [-0.25, -0.2) is 4.39 Å². The Morgan fingerprint density at radius 2 is 1.70 bits per heavy atom. The molecule has 8 heteroatoms. The molecule has 1 N–H and O–H groups in total. The van der Waals surface area contributed by atoms with Crippen molar-refractivity contribution in [3.05, 3.63) is 29.1 Å². The van der Waals surface area contributed by atoms with Gasteiger partial charge in [-0.1, -0.05) is 6.07 Å². The summed E-state index contributed by atoms with van der Waals surface area (Å²) in [6.45, 7) is 6.68. The molecule has 0 saturated carbocycles. The summed E-state index contributed by atoms with van der Waals surface area (Å²) in [6.07, 6.45) is 1.88. The number of aryl methyl sites for hydroxylation is 1. The van der Waals surface area contributed by atoms with E-state index in [1.165, 1.54) is 6.07 Å². The van der Waals surface area contributed by atoms with Crippen LogP contribution in [0.25, 0.3) is 0 Å². The van der Waals surface area contributed by atoms with Gasteiger partial charge in [0.25, 0.3) is 0 Å². The molecule has 3 amide bonds. The molecular formula is C22H29FN4O3. The Morgan fingerprint density at radius 3 is 2.37 bits per heavy atom. The second kappa shape index (κ2) is 8.24. The van der Waals surface area contributed by atoms with Crippen LogP contribution in [0.2, 0.25) is 0 Å². The number of hydrogen-bond acceptors (Lipinski definition) is 4. The molecule has 0 aromatic heterocycles. The van der Waals surface area contributed by atoms with Crippen LogP contribution in [0.5, 0.6) is 0 Å². The molecule has 1 aromatic rings. The fourth-order valence-electron chi connectivity index (χ4n) is 4.82. The average Bonchev–Trinajstić information content (AvgIpc) is 3.22. The van der Waals surface area contributed by atoms with E-state index in [-0.39, 0.29) is 29.5 Å². The molecule has 2 saturated heterocycles. The summed E-state index contributed by atoms with van der Waals surface area (Å²) < 4.78 is 14.2. The summed E-state index contributed by atoms with van der Waals surface area (Å²) in [7, 11) is 0. The van der Waals surface area contributed by atoms with Gasteiger partial charge in [0.05, 0.1) is 5.92 Å². The lowest BCUT2D eigenvalue weighted by molar-refractivity contribution is -0.145. The number of rotatable bonds is 2. The van der Waals surface area contributed by atoms with Gasteiger partial charge in [0.1, 0.15) is 11.9 Å². The Balaban J connectivity index is 1.37. The highest BCUT2D eigenvalue weighted by Crippen LogP contribution is 2.32. The molecule has 0 bridgehead atoms. The number of likely N-dealkylation sites (tertiary alicyclic amines) is 1. The number of benzene rings is 1. The van der Waals surface area contributed by atoms with Crippen molar-refractivity contribution in [2.75, 3.05) is 44.6 Å². The largest absolute Gasteiger partial charge is 0.373 e. The molecule has 2 unspecified atom stereocenters. The standard InChI is InChI=1S/C22H29FN4O3/c1-14-5-6-18(23)17-12-19(24-20(14)17)22(30)27-7-3-4-16(13-27)21(29)26-10-8-25(9-11-26)15(2)28/h5-6,16,19,24H,3-4,7-13H2,1-2H3. The smallest absolute Gasteiger partial charge is 0.245 e. The first-order valence-corrected chi connectivity index (χ1v) is 10.7. The lowest BCUT2D eigenvalue weighted by atomic mass is 9.95. The summed E-state index contributed by atoms with van der Waals surface area (Å²) in [6, 6.07) is 2.68. The molecule has 0 aliphatic carbocycles. The van der Waals surface area contributed by atoms with Gasteiger partial charge in [-0.15, -0.1) is 0 Å². The van der Waals surface area contributed by atoms with Crippen molar-refractivity contribution < 1.29 is 18.8 Å². The van der Waals surface area contributed by atoms with Gasteiger partial charge in [-0.3, -0.25) is 14.4 Å². The zero-order valence-electron chi connectivity index (χ0n) is 17.6. The number of carbonyl (C=O) groups is 3. The van der Waals surface area contributed by atoms with Crippen molar-refractivity contribution in [1.29, 1.82) is 0 Å². The molecule has 3 aliphatic rings. The minimum absolute atomic E-state index is 0.0354. The monoisotopic (exact) mass is 416 g/mol. The van der Waals surface area contributed by atoms with E-state index in [4.69, 9.17) is 0 Å². The fourth-order valence-corrected chi connectivity index (χ4v) is 4.82. The van der Waals surface area contributed by atoms with Gasteiger partial charge in [-0.2, -0.15) is 0 Å². The third-order valence-corrected chi connectivity index (χ3v) is 6.61. The zero-order valence-corrected chi connectivity index (χ0v) is 17.6. The number of piperazine rings is 1. The minimum atomic E-state index is -0.483. The van der Waals surface area contributed by atoms with Crippen molar-refractivity contribution >= 4 is 23.4 Å². The quantitative estimate of drug-likeness (QED) is 0.791. The summed E-state index contributed by atoms with van der Waals surface area (Å²) in [4.78, 5) is 43.0. The van der Waals surface area contributed by atoms with Crippen LogP contribution in [0.1, 0.15) is 30.9 Å². The normalized spacial score (nSPS) is 23.8.